The van der Waals surface area contributed by atoms with Crippen LogP contribution in [0.2, 0.25) is 0 Å². The van der Waals surface area contributed by atoms with Gasteiger partial charge in [0.05, 0.1) is 29.0 Å². The predicted octanol–water partition coefficient (Wildman–Crippen LogP) is 5.71. The SMILES string of the molecule is Cc1ccc([C@H](Nc2nsnc2Nc2cccc(C(=O)N3CCCCC3)c2O)C(C)(C)C)o1. The number of carbonyl (C=O) groups is 1. The van der Waals surface area contributed by atoms with E-state index in [1.807, 2.05) is 19.1 Å². The first kappa shape index (κ1) is 23.1. The summed E-state index contributed by atoms with van der Waals surface area (Å²) in [5.74, 6) is 2.47. The number of benzene rings is 1. The van der Waals surface area contributed by atoms with Gasteiger partial charge in [0, 0.05) is 13.1 Å². The molecular formula is C24H31N5O3S. The lowest BCUT2D eigenvalue weighted by molar-refractivity contribution is 0.0721. The molecule has 1 aromatic carbocycles. The monoisotopic (exact) mass is 469 g/mol. The van der Waals surface area contributed by atoms with Crippen LogP contribution < -0.4 is 10.6 Å². The van der Waals surface area contributed by atoms with Crippen LogP contribution in [0, 0.1) is 12.3 Å². The summed E-state index contributed by atoms with van der Waals surface area (Å²) in [6.07, 6.45) is 3.12. The summed E-state index contributed by atoms with van der Waals surface area (Å²) < 4.78 is 14.7. The van der Waals surface area contributed by atoms with Gasteiger partial charge in [-0.1, -0.05) is 26.8 Å². The number of aromatic hydroxyl groups is 1. The Kier molecular flexibility index (Phi) is 6.60. The predicted molar refractivity (Wildman–Crippen MR) is 130 cm³/mol. The van der Waals surface area contributed by atoms with Crippen molar-refractivity contribution in [3.63, 3.8) is 0 Å². The van der Waals surface area contributed by atoms with Gasteiger partial charge in [0.2, 0.25) is 0 Å². The van der Waals surface area contributed by atoms with Gasteiger partial charge < -0.3 is 25.1 Å². The van der Waals surface area contributed by atoms with Crippen molar-refractivity contribution in [2.75, 3.05) is 23.7 Å². The number of hydrogen-bond donors (Lipinski definition) is 3. The molecular weight excluding hydrogens is 438 g/mol. The molecule has 0 aliphatic carbocycles. The molecule has 1 aliphatic heterocycles. The Morgan fingerprint density at radius 1 is 1.12 bits per heavy atom. The molecule has 1 fully saturated rings. The summed E-state index contributed by atoms with van der Waals surface area (Å²) >= 11 is 1.07. The molecule has 1 atom stereocenters. The molecule has 0 unspecified atom stereocenters. The largest absolute Gasteiger partial charge is 0.505 e. The van der Waals surface area contributed by atoms with Crippen LogP contribution >= 0.6 is 11.7 Å². The highest BCUT2D eigenvalue weighted by molar-refractivity contribution is 6.99. The Labute approximate surface area is 198 Å². The zero-order valence-electron chi connectivity index (χ0n) is 19.5. The van der Waals surface area contributed by atoms with Crippen molar-refractivity contribution in [3.05, 3.63) is 47.4 Å². The summed E-state index contributed by atoms with van der Waals surface area (Å²) in [6, 6.07) is 8.91. The van der Waals surface area contributed by atoms with E-state index in [0.29, 0.717) is 22.9 Å². The van der Waals surface area contributed by atoms with Crippen molar-refractivity contribution in [2.45, 2.75) is 53.0 Å². The molecule has 3 N–H and O–H groups in total. The van der Waals surface area contributed by atoms with Crippen LogP contribution in [0.25, 0.3) is 0 Å². The average Bonchev–Trinajstić information content (AvgIpc) is 3.41. The van der Waals surface area contributed by atoms with E-state index in [1.54, 1.807) is 23.1 Å². The van der Waals surface area contributed by atoms with E-state index in [-0.39, 0.29) is 23.1 Å². The summed E-state index contributed by atoms with van der Waals surface area (Å²) in [5, 5.41) is 17.5. The van der Waals surface area contributed by atoms with E-state index in [4.69, 9.17) is 4.42 Å². The summed E-state index contributed by atoms with van der Waals surface area (Å²) in [5.41, 5.74) is 0.543. The maximum atomic E-state index is 12.9. The maximum Gasteiger partial charge on any atom is 0.257 e. The molecule has 176 valence electrons. The average molecular weight is 470 g/mol. The fourth-order valence-electron chi connectivity index (χ4n) is 4.04. The number of nitrogens with one attached hydrogen (secondary N) is 2. The van der Waals surface area contributed by atoms with Gasteiger partial charge in [-0.05, 0) is 55.9 Å². The molecule has 0 bridgehead atoms. The van der Waals surface area contributed by atoms with E-state index < -0.39 is 0 Å². The second-order valence-electron chi connectivity index (χ2n) is 9.53. The normalized spacial score (nSPS) is 15.3. The number of piperidine rings is 1. The van der Waals surface area contributed by atoms with Gasteiger partial charge in [-0.3, -0.25) is 4.79 Å². The first-order chi connectivity index (χ1) is 15.7. The third-order valence-electron chi connectivity index (χ3n) is 5.84. The number of anilines is 3. The molecule has 3 aromatic rings. The molecule has 0 radical (unpaired) electrons. The molecule has 33 heavy (non-hydrogen) atoms. The van der Waals surface area contributed by atoms with E-state index in [9.17, 15) is 9.90 Å². The molecule has 0 saturated carbocycles. The summed E-state index contributed by atoms with van der Waals surface area (Å²) in [7, 11) is 0. The van der Waals surface area contributed by atoms with Crippen LogP contribution in [0.15, 0.2) is 34.7 Å². The molecule has 1 aliphatic rings. The van der Waals surface area contributed by atoms with Crippen molar-refractivity contribution in [1.29, 1.82) is 0 Å². The molecule has 3 heterocycles. The van der Waals surface area contributed by atoms with E-state index in [1.165, 1.54) is 0 Å². The smallest absolute Gasteiger partial charge is 0.257 e. The fraction of sp³-hybridized carbons (Fsp3) is 0.458. The number of likely N-dealkylation sites (tertiary alicyclic amines) is 1. The quantitative estimate of drug-likeness (QED) is 0.397. The maximum absolute atomic E-state index is 12.9. The van der Waals surface area contributed by atoms with Gasteiger partial charge in [0.15, 0.2) is 17.4 Å². The van der Waals surface area contributed by atoms with Crippen LogP contribution in [0.3, 0.4) is 0 Å². The number of phenolic OH excluding ortho intramolecular Hbond substituents is 1. The molecule has 1 saturated heterocycles. The number of rotatable bonds is 6. The topological polar surface area (TPSA) is 104 Å². The number of aromatic nitrogens is 2. The summed E-state index contributed by atoms with van der Waals surface area (Å²) in [4.78, 5) is 14.8. The highest BCUT2D eigenvalue weighted by atomic mass is 32.1. The first-order valence-corrected chi connectivity index (χ1v) is 12.0. The van der Waals surface area contributed by atoms with Crippen LogP contribution in [0.5, 0.6) is 5.75 Å². The van der Waals surface area contributed by atoms with Gasteiger partial charge in [-0.25, -0.2) is 0 Å². The molecule has 2 aromatic heterocycles. The number of nitrogens with zero attached hydrogens (tertiary/aromatic N) is 3. The number of furan rings is 1. The lowest BCUT2D eigenvalue weighted by atomic mass is 9.85. The number of amides is 1. The highest BCUT2D eigenvalue weighted by Gasteiger charge is 2.31. The zero-order valence-corrected chi connectivity index (χ0v) is 20.3. The Hall–Kier alpha value is -3.07. The number of para-hydroxylation sites is 1. The minimum atomic E-state index is -0.159. The van der Waals surface area contributed by atoms with Gasteiger partial charge in [0.25, 0.3) is 5.91 Å². The highest BCUT2D eigenvalue weighted by Crippen LogP contribution is 2.39. The Morgan fingerprint density at radius 3 is 2.52 bits per heavy atom. The Balaban J connectivity index is 1.57. The van der Waals surface area contributed by atoms with Crippen molar-refractivity contribution in [3.8, 4) is 5.75 Å². The van der Waals surface area contributed by atoms with Gasteiger partial charge in [-0.2, -0.15) is 8.75 Å². The van der Waals surface area contributed by atoms with Crippen LogP contribution in [-0.4, -0.2) is 37.8 Å². The molecule has 9 heteroatoms. The molecule has 4 rings (SSSR count). The second-order valence-corrected chi connectivity index (χ2v) is 10.1. The molecule has 1 amide bonds. The van der Waals surface area contributed by atoms with Crippen LogP contribution in [-0.2, 0) is 0 Å². The van der Waals surface area contributed by atoms with Crippen molar-refractivity contribution in [1.82, 2.24) is 13.6 Å². The van der Waals surface area contributed by atoms with Gasteiger partial charge >= 0.3 is 0 Å². The third kappa shape index (κ3) is 5.13. The first-order valence-electron chi connectivity index (χ1n) is 11.3. The number of aryl methyl sites for hydroxylation is 1. The van der Waals surface area contributed by atoms with Crippen molar-refractivity contribution >= 4 is 35.0 Å². The van der Waals surface area contributed by atoms with Crippen LogP contribution in [0.4, 0.5) is 17.3 Å². The third-order valence-corrected chi connectivity index (χ3v) is 6.37. The minimum absolute atomic E-state index is 0.0824. The molecule has 8 nitrogen and oxygen atoms in total. The Morgan fingerprint density at radius 2 is 1.85 bits per heavy atom. The van der Waals surface area contributed by atoms with Crippen molar-refractivity contribution < 1.29 is 14.3 Å². The zero-order chi connectivity index (χ0) is 23.6. The summed E-state index contributed by atoms with van der Waals surface area (Å²) in [6.45, 7) is 9.73. The second kappa shape index (κ2) is 9.43. The fourth-order valence-corrected chi connectivity index (χ4v) is 4.51. The Bertz CT molecular complexity index is 1110. The lowest BCUT2D eigenvalue weighted by Crippen LogP contribution is -2.35. The van der Waals surface area contributed by atoms with E-state index in [0.717, 1.165) is 55.6 Å². The van der Waals surface area contributed by atoms with Crippen LogP contribution in [0.1, 0.15) is 68.0 Å². The van der Waals surface area contributed by atoms with Gasteiger partial charge in [-0.15, -0.1) is 0 Å². The number of phenols is 1. The number of hydrogen-bond acceptors (Lipinski definition) is 8. The standard InChI is InChI=1S/C24H31N5O3S/c1-15-11-12-18(32-15)20(24(2,3)4)26-22-21(27-33-28-22)25-17-10-8-9-16(19(17)30)23(31)29-13-6-5-7-14-29/h8-12,20,30H,5-7,13-14H2,1-4H3,(H,25,27)(H,26,28)/t20-/m0/s1. The van der Waals surface area contributed by atoms with E-state index >= 15 is 0 Å². The van der Waals surface area contributed by atoms with E-state index in [2.05, 4.69) is 40.2 Å². The minimum Gasteiger partial charge on any atom is -0.505 e. The van der Waals surface area contributed by atoms with Crippen molar-refractivity contribution in [2.24, 2.45) is 5.41 Å². The number of carbonyl (C=O) groups excluding carboxylic acids is 1. The lowest BCUT2D eigenvalue weighted by Gasteiger charge is -2.30. The molecule has 0 spiro atoms. The van der Waals surface area contributed by atoms with Gasteiger partial charge in [0.1, 0.15) is 11.5 Å².